The summed E-state index contributed by atoms with van der Waals surface area (Å²) in [4.78, 5) is 4.42. The van der Waals surface area contributed by atoms with Crippen LogP contribution in [0, 0.1) is 0 Å². The van der Waals surface area contributed by atoms with Crippen molar-refractivity contribution in [3.63, 3.8) is 0 Å². The second-order valence-corrected chi connectivity index (χ2v) is 3.36. The van der Waals surface area contributed by atoms with Gasteiger partial charge in [-0.25, -0.2) is 4.99 Å². The van der Waals surface area contributed by atoms with Crippen LogP contribution in [-0.4, -0.2) is 13.0 Å². The first-order valence-electron chi connectivity index (χ1n) is 5.04. The zero-order chi connectivity index (χ0) is 11.1. The van der Waals surface area contributed by atoms with Crippen LogP contribution in [0.15, 0.2) is 47.0 Å². The van der Waals surface area contributed by atoms with Crippen molar-refractivity contribution in [2.24, 2.45) is 4.99 Å². The van der Waals surface area contributed by atoms with Gasteiger partial charge in [-0.15, -0.1) is 0 Å². The topological polar surface area (TPSA) is 21.6 Å². The lowest BCUT2D eigenvalue weighted by Gasteiger charge is -2.04. The predicted octanol–water partition coefficient (Wildman–Crippen LogP) is 3.72. The quantitative estimate of drug-likeness (QED) is 0.417. The van der Waals surface area contributed by atoms with Gasteiger partial charge in [-0.2, -0.15) is 0 Å². The molecule has 0 saturated carbocycles. The van der Waals surface area contributed by atoms with E-state index >= 15 is 0 Å². The van der Waals surface area contributed by atoms with Gasteiger partial charge in [0.15, 0.2) is 5.90 Å². The minimum absolute atomic E-state index is 0.747. The minimum Gasteiger partial charge on any atom is -0.484 e. The van der Waals surface area contributed by atoms with Crippen molar-refractivity contribution < 1.29 is 4.74 Å². The van der Waals surface area contributed by atoms with Crippen molar-refractivity contribution in [1.82, 2.24) is 0 Å². The van der Waals surface area contributed by atoms with Crippen molar-refractivity contribution in [2.45, 2.75) is 20.3 Å². The van der Waals surface area contributed by atoms with E-state index in [0.717, 1.165) is 18.0 Å². The lowest BCUT2D eigenvalue weighted by Crippen LogP contribution is -2.01. The Balaban J connectivity index is 2.79. The lowest BCUT2D eigenvalue weighted by atomic mass is 10.2. The number of hydrogen-bond acceptors (Lipinski definition) is 2. The molecule has 0 heterocycles. The first-order valence-corrected chi connectivity index (χ1v) is 5.04. The Hall–Kier alpha value is -1.57. The number of hydrogen-bond donors (Lipinski definition) is 0. The normalized spacial score (nSPS) is 12.7. The average molecular weight is 203 g/mol. The number of ether oxygens (including phenoxy) is 1. The monoisotopic (exact) mass is 203 g/mol. The Kier molecular flexibility index (Phi) is 4.61. The number of rotatable bonds is 3. The number of para-hydroxylation sites is 1. The molecule has 0 spiro atoms. The molecule has 80 valence electrons. The molecule has 0 radical (unpaired) electrons. The molecule has 15 heavy (non-hydrogen) atoms. The molecule has 0 aromatic heterocycles. The molecule has 0 aliphatic carbocycles. The maximum Gasteiger partial charge on any atom is 0.192 e. The molecule has 1 aromatic carbocycles. The summed E-state index contributed by atoms with van der Waals surface area (Å²) in [5.74, 6) is 0.747. The third-order valence-corrected chi connectivity index (χ3v) is 2.17. The smallest absolute Gasteiger partial charge is 0.192 e. The van der Waals surface area contributed by atoms with Crippen LogP contribution in [0.25, 0.3) is 0 Å². The molecule has 2 nitrogen and oxygen atoms in total. The summed E-state index contributed by atoms with van der Waals surface area (Å²) in [6.07, 6.45) is 2.83. The first-order chi connectivity index (χ1) is 7.26. The fraction of sp³-hybridized carbons (Fsp3) is 0.308. The van der Waals surface area contributed by atoms with Crippen LogP contribution in [-0.2, 0) is 4.74 Å². The SMILES string of the molecule is C/C=C(\C)CC(=Nc1ccccc1)OC. The van der Waals surface area contributed by atoms with Crippen LogP contribution in [0.3, 0.4) is 0 Å². The second-order valence-electron chi connectivity index (χ2n) is 3.36. The zero-order valence-corrected chi connectivity index (χ0v) is 9.53. The van der Waals surface area contributed by atoms with Crippen LogP contribution in [0.5, 0.6) is 0 Å². The van der Waals surface area contributed by atoms with Gasteiger partial charge in [-0.05, 0) is 26.0 Å². The maximum absolute atomic E-state index is 5.24. The molecular weight excluding hydrogens is 186 g/mol. The van der Waals surface area contributed by atoms with Crippen LogP contribution < -0.4 is 0 Å². The molecule has 0 aliphatic heterocycles. The molecule has 0 amide bonds. The minimum atomic E-state index is 0.747. The third kappa shape index (κ3) is 3.98. The van der Waals surface area contributed by atoms with E-state index in [1.165, 1.54) is 5.57 Å². The van der Waals surface area contributed by atoms with E-state index in [4.69, 9.17) is 4.74 Å². The summed E-state index contributed by atoms with van der Waals surface area (Å²) < 4.78 is 5.24. The van der Waals surface area contributed by atoms with Gasteiger partial charge in [0.05, 0.1) is 12.8 Å². The Labute approximate surface area is 91.3 Å². The zero-order valence-electron chi connectivity index (χ0n) is 9.53. The molecule has 1 aromatic rings. The van der Waals surface area contributed by atoms with Crippen molar-refractivity contribution in [3.05, 3.63) is 42.0 Å². The molecule has 0 aliphatic rings. The molecule has 0 bridgehead atoms. The van der Waals surface area contributed by atoms with Crippen molar-refractivity contribution in [1.29, 1.82) is 0 Å². The summed E-state index contributed by atoms with van der Waals surface area (Å²) in [5, 5.41) is 0. The number of aliphatic imine (C=N–C) groups is 1. The fourth-order valence-corrected chi connectivity index (χ4v) is 1.14. The Morgan fingerprint density at radius 1 is 1.33 bits per heavy atom. The largest absolute Gasteiger partial charge is 0.484 e. The van der Waals surface area contributed by atoms with Gasteiger partial charge >= 0.3 is 0 Å². The number of benzene rings is 1. The summed E-state index contributed by atoms with van der Waals surface area (Å²) in [6, 6.07) is 9.83. The standard InChI is InChI=1S/C13H17NO/c1-4-11(2)10-13(15-3)14-12-8-6-5-7-9-12/h4-9H,10H2,1-3H3/b11-4+,14-13?. The van der Waals surface area contributed by atoms with E-state index in [2.05, 4.69) is 18.0 Å². The van der Waals surface area contributed by atoms with E-state index in [1.807, 2.05) is 37.3 Å². The average Bonchev–Trinajstić information content (AvgIpc) is 2.29. The third-order valence-electron chi connectivity index (χ3n) is 2.17. The molecular formula is C13H17NO. The van der Waals surface area contributed by atoms with Gasteiger partial charge in [-0.3, -0.25) is 0 Å². The van der Waals surface area contributed by atoms with Gasteiger partial charge in [-0.1, -0.05) is 29.8 Å². The Morgan fingerprint density at radius 3 is 2.53 bits per heavy atom. The van der Waals surface area contributed by atoms with Crippen molar-refractivity contribution in [3.8, 4) is 0 Å². The van der Waals surface area contributed by atoms with Crippen molar-refractivity contribution >= 4 is 11.6 Å². The molecule has 0 saturated heterocycles. The van der Waals surface area contributed by atoms with E-state index in [0.29, 0.717) is 0 Å². The first kappa shape index (κ1) is 11.5. The number of allylic oxidation sites excluding steroid dienone is 1. The Morgan fingerprint density at radius 2 is 2.00 bits per heavy atom. The second kappa shape index (κ2) is 6.02. The molecule has 0 atom stereocenters. The highest BCUT2D eigenvalue weighted by Gasteiger charge is 1.99. The van der Waals surface area contributed by atoms with Crippen LogP contribution in [0.2, 0.25) is 0 Å². The highest BCUT2D eigenvalue weighted by molar-refractivity contribution is 5.81. The summed E-state index contributed by atoms with van der Waals surface area (Å²) in [6.45, 7) is 4.09. The van der Waals surface area contributed by atoms with Gasteiger partial charge < -0.3 is 4.74 Å². The summed E-state index contributed by atoms with van der Waals surface area (Å²) in [7, 11) is 1.66. The van der Waals surface area contributed by atoms with Gasteiger partial charge in [0.1, 0.15) is 0 Å². The van der Waals surface area contributed by atoms with E-state index < -0.39 is 0 Å². The summed E-state index contributed by atoms with van der Waals surface area (Å²) in [5.41, 5.74) is 2.18. The molecule has 0 N–H and O–H groups in total. The number of nitrogens with zero attached hydrogens (tertiary/aromatic N) is 1. The van der Waals surface area contributed by atoms with Crippen LogP contribution in [0.1, 0.15) is 20.3 Å². The fourth-order valence-electron chi connectivity index (χ4n) is 1.14. The highest BCUT2D eigenvalue weighted by atomic mass is 16.5. The summed E-state index contributed by atoms with van der Waals surface area (Å²) >= 11 is 0. The van der Waals surface area contributed by atoms with Crippen LogP contribution >= 0.6 is 0 Å². The molecule has 0 unspecified atom stereocenters. The van der Waals surface area contributed by atoms with E-state index in [1.54, 1.807) is 7.11 Å². The molecule has 0 fully saturated rings. The van der Waals surface area contributed by atoms with Gasteiger partial charge in [0, 0.05) is 6.42 Å². The van der Waals surface area contributed by atoms with Gasteiger partial charge in [0.25, 0.3) is 0 Å². The van der Waals surface area contributed by atoms with E-state index in [9.17, 15) is 0 Å². The van der Waals surface area contributed by atoms with E-state index in [-0.39, 0.29) is 0 Å². The molecule has 2 heteroatoms. The van der Waals surface area contributed by atoms with Crippen molar-refractivity contribution in [2.75, 3.05) is 7.11 Å². The lowest BCUT2D eigenvalue weighted by molar-refractivity contribution is 0.394. The van der Waals surface area contributed by atoms with Crippen LogP contribution in [0.4, 0.5) is 5.69 Å². The Bertz CT molecular complexity index is 352. The highest BCUT2D eigenvalue weighted by Crippen LogP contribution is 2.13. The number of methoxy groups -OCH3 is 1. The van der Waals surface area contributed by atoms with Gasteiger partial charge in [0.2, 0.25) is 0 Å². The maximum atomic E-state index is 5.24. The molecule has 1 rings (SSSR count). The predicted molar refractivity (Wildman–Crippen MR) is 64.6 cm³/mol.